The molecule has 0 saturated heterocycles. The van der Waals surface area contributed by atoms with Crippen molar-refractivity contribution in [2.75, 3.05) is 19.0 Å². The van der Waals surface area contributed by atoms with Crippen LogP contribution in [-0.4, -0.2) is 36.5 Å². The minimum Gasteiger partial charge on any atom is -0.468 e. The first kappa shape index (κ1) is 18.9. The average Bonchev–Trinajstić information content (AvgIpc) is 2.67. The molecule has 0 spiro atoms. The van der Waals surface area contributed by atoms with Gasteiger partial charge in [0.15, 0.2) is 17.5 Å². The van der Waals surface area contributed by atoms with Gasteiger partial charge >= 0.3 is 5.97 Å². The molecule has 1 heterocycles. The van der Waals surface area contributed by atoms with Crippen LogP contribution in [0.4, 0.5) is 18.9 Å². The first-order chi connectivity index (χ1) is 12.9. The number of amides is 1. The summed E-state index contributed by atoms with van der Waals surface area (Å²) < 4.78 is 44.9. The lowest BCUT2D eigenvalue weighted by atomic mass is 9.94. The molecule has 1 aliphatic heterocycles. The quantitative estimate of drug-likeness (QED) is 0.657. The molecule has 0 radical (unpaired) electrons. The molecule has 1 atom stereocenters. The Morgan fingerprint density at radius 3 is 2.52 bits per heavy atom. The number of methoxy groups -OCH3 is 1. The minimum absolute atomic E-state index is 0.244. The van der Waals surface area contributed by atoms with E-state index in [1.54, 1.807) is 4.90 Å². The van der Waals surface area contributed by atoms with E-state index in [0.29, 0.717) is 13.0 Å². The second kappa shape index (κ2) is 7.79. The number of carbonyl (C=O) groups is 2. The van der Waals surface area contributed by atoms with Crippen LogP contribution in [0.15, 0.2) is 36.4 Å². The molecule has 3 rings (SSSR count). The topological polar surface area (TPSA) is 58.6 Å². The average molecular weight is 378 g/mol. The van der Waals surface area contributed by atoms with E-state index in [0.717, 1.165) is 23.3 Å². The van der Waals surface area contributed by atoms with Crippen molar-refractivity contribution in [2.45, 2.75) is 19.0 Å². The summed E-state index contributed by atoms with van der Waals surface area (Å²) in [6, 6.07) is 8.50. The molecule has 2 aromatic carbocycles. The van der Waals surface area contributed by atoms with Gasteiger partial charge < -0.3 is 10.1 Å². The van der Waals surface area contributed by atoms with Gasteiger partial charge in [-0.25, -0.2) is 13.2 Å². The van der Waals surface area contributed by atoms with Crippen molar-refractivity contribution in [2.24, 2.45) is 0 Å². The number of rotatable bonds is 4. The number of carbonyl (C=O) groups excluding carboxylic acids is 2. The Hall–Kier alpha value is -2.87. The maximum Gasteiger partial charge on any atom is 0.323 e. The van der Waals surface area contributed by atoms with Gasteiger partial charge in [-0.15, -0.1) is 0 Å². The van der Waals surface area contributed by atoms with E-state index < -0.39 is 41.1 Å². The van der Waals surface area contributed by atoms with E-state index in [4.69, 9.17) is 4.74 Å². The van der Waals surface area contributed by atoms with Crippen LogP contribution in [0, 0.1) is 17.5 Å². The van der Waals surface area contributed by atoms with Crippen molar-refractivity contribution in [3.05, 3.63) is 65.0 Å². The number of benzene rings is 2. The Balaban J connectivity index is 1.77. The number of esters is 1. The highest BCUT2D eigenvalue weighted by Crippen LogP contribution is 2.24. The number of fused-ring (bicyclic) bond motifs is 1. The third-order valence-corrected chi connectivity index (χ3v) is 4.48. The normalized spacial score (nSPS) is 16.5. The highest BCUT2D eigenvalue weighted by molar-refractivity contribution is 5.93. The van der Waals surface area contributed by atoms with Crippen LogP contribution >= 0.6 is 0 Å². The molecule has 0 aromatic heterocycles. The Morgan fingerprint density at radius 1 is 1.11 bits per heavy atom. The molecule has 5 nitrogen and oxygen atoms in total. The van der Waals surface area contributed by atoms with Gasteiger partial charge in [-0.3, -0.25) is 14.5 Å². The van der Waals surface area contributed by atoms with Gasteiger partial charge in [0.1, 0.15) is 6.04 Å². The highest BCUT2D eigenvalue weighted by atomic mass is 19.2. The van der Waals surface area contributed by atoms with Crippen LogP contribution < -0.4 is 5.32 Å². The van der Waals surface area contributed by atoms with E-state index in [2.05, 4.69) is 5.32 Å². The number of nitrogens with one attached hydrogen (secondary N) is 1. The molecule has 0 bridgehead atoms. The number of ether oxygens (including phenoxy) is 1. The fraction of sp³-hybridized carbons (Fsp3) is 0.263. The summed E-state index contributed by atoms with van der Waals surface area (Å²) in [5, 5.41) is 2.21. The Morgan fingerprint density at radius 2 is 1.81 bits per heavy atom. The van der Waals surface area contributed by atoms with Crippen LogP contribution in [0.1, 0.15) is 11.1 Å². The van der Waals surface area contributed by atoms with Crippen LogP contribution in [0.2, 0.25) is 0 Å². The van der Waals surface area contributed by atoms with Crippen molar-refractivity contribution in [1.82, 2.24) is 4.90 Å². The molecule has 2 aromatic rings. The van der Waals surface area contributed by atoms with E-state index in [1.807, 2.05) is 24.3 Å². The molecule has 27 heavy (non-hydrogen) atoms. The Bertz CT molecular complexity index is 888. The zero-order chi connectivity index (χ0) is 19.6. The summed E-state index contributed by atoms with van der Waals surface area (Å²) in [5.41, 5.74) is 1.48. The minimum atomic E-state index is -1.66. The van der Waals surface area contributed by atoms with Crippen molar-refractivity contribution < 1.29 is 27.5 Å². The number of anilines is 1. The second-order valence-corrected chi connectivity index (χ2v) is 6.19. The molecule has 0 fully saturated rings. The molecule has 0 saturated carbocycles. The van der Waals surface area contributed by atoms with Gasteiger partial charge in [0.05, 0.1) is 19.3 Å². The van der Waals surface area contributed by atoms with Gasteiger partial charge in [0.25, 0.3) is 0 Å². The van der Waals surface area contributed by atoms with Crippen LogP contribution in [-0.2, 0) is 27.3 Å². The highest BCUT2D eigenvalue weighted by Gasteiger charge is 2.33. The fourth-order valence-corrected chi connectivity index (χ4v) is 3.11. The zero-order valence-corrected chi connectivity index (χ0v) is 14.5. The van der Waals surface area contributed by atoms with Gasteiger partial charge in [-0.1, -0.05) is 24.3 Å². The van der Waals surface area contributed by atoms with Crippen LogP contribution in [0.3, 0.4) is 0 Å². The molecule has 1 amide bonds. The summed E-state index contributed by atoms with van der Waals surface area (Å²) in [6.45, 7) is 0.0795. The molecule has 0 aliphatic carbocycles. The van der Waals surface area contributed by atoms with Crippen molar-refractivity contribution >= 4 is 17.6 Å². The molecule has 1 aliphatic rings. The van der Waals surface area contributed by atoms with Crippen LogP contribution in [0.25, 0.3) is 0 Å². The lowest BCUT2D eigenvalue weighted by molar-refractivity contribution is -0.148. The van der Waals surface area contributed by atoms with Crippen LogP contribution in [0.5, 0.6) is 0 Å². The second-order valence-electron chi connectivity index (χ2n) is 6.19. The molecule has 1 N–H and O–H groups in total. The summed E-state index contributed by atoms with van der Waals surface area (Å²) in [4.78, 5) is 26.0. The summed E-state index contributed by atoms with van der Waals surface area (Å²) >= 11 is 0. The number of halogens is 3. The Kier molecular flexibility index (Phi) is 5.46. The van der Waals surface area contributed by atoms with E-state index in [9.17, 15) is 22.8 Å². The lowest BCUT2D eigenvalue weighted by Crippen LogP contribution is -2.49. The molecule has 8 heteroatoms. The van der Waals surface area contributed by atoms with Crippen molar-refractivity contribution in [3.8, 4) is 0 Å². The molecule has 0 unspecified atom stereocenters. The van der Waals surface area contributed by atoms with Gasteiger partial charge in [0, 0.05) is 6.54 Å². The fourth-order valence-electron chi connectivity index (χ4n) is 3.11. The monoisotopic (exact) mass is 378 g/mol. The van der Waals surface area contributed by atoms with E-state index >= 15 is 0 Å². The number of hydrogen-bond acceptors (Lipinski definition) is 4. The lowest BCUT2D eigenvalue weighted by Gasteiger charge is -2.34. The summed E-state index contributed by atoms with van der Waals surface area (Å²) in [5.74, 6) is -5.63. The van der Waals surface area contributed by atoms with E-state index in [1.165, 1.54) is 7.11 Å². The predicted octanol–water partition coefficient (Wildman–Crippen LogP) is 2.64. The van der Waals surface area contributed by atoms with E-state index in [-0.39, 0.29) is 6.54 Å². The van der Waals surface area contributed by atoms with Gasteiger partial charge in [-0.05, 0) is 29.7 Å². The first-order valence-electron chi connectivity index (χ1n) is 8.22. The number of nitrogens with zero attached hydrogens (tertiary/aromatic N) is 1. The standard InChI is InChI=1S/C19H17F3N2O3/c1-27-19(26)15-8-11-4-2-3-5-12(11)9-24(15)10-16(25)23-14-7-6-13(20)17(21)18(14)22/h2-7,15H,8-10H2,1H3,(H,23,25)/t15-/m0/s1. The number of hydrogen-bond donors (Lipinski definition) is 1. The zero-order valence-electron chi connectivity index (χ0n) is 14.5. The molecular formula is C19H17F3N2O3. The maximum absolute atomic E-state index is 13.7. The van der Waals surface area contributed by atoms with Crippen molar-refractivity contribution in [3.63, 3.8) is 0 Å². The van der Waals surface area contributed by atoms with Gasteiger partial charge in [-0.2, -0.15) is 0 Å². The third kappa shape index (κ3) is 3.95. The smallest absolute Gasteiger partial charge is 0.323 e. The Labute approximate surface area is 153 Å². The molecular weight excluding hydrogens is 361 g/mol. The predicted molar refractivity (Wildman–Crippen MR) is 91.3 cm³/mol. The van der Waals surface area contributed by atoms with Crippen molar-refractivity contribution in [1.29, 1.82) is 0 Å². The maximum atomic E-state index is 13.7. The van der Waals surface area contributed by atoms with Gasteiger partial charge in [0.2, 0.25) is 5.91 Å². The third-order valence-electron chi connectivity index (χ3n) is 4.48. The SMILES string of the molecule is COC(=O)[C@@H]1Cc2ccccc2CN1CC(=O)Nc1ccc(F)c(F)c1F. The summed E-state index contributed by atoms with van der Waals surface area (Å²) in [7, 11) is 1.26. The first-order valence-corrected chi connectivity index (χ1v) is 8.22. The molecule has 142 valence electrons. The summed E-state index contributed by atoms with van der Waals surface area (Å²) in [6.07, 6.45) is 0.371. The largest absolute Gasteiger partial charge is 0.468 e.